The maximum atomic E-state index is 12.8. The van der Waals surface area contributed by atoms with Crippen molar-refractivity contribution in [3.05, 3.63) is 54.0 Å². The van der Waals surface area contributed by atoms with E-state index in [0.717, 1.165) is 9.92 Å². The Hall–Kier alpha value is -1.88. The Labute approximate surface area is 114 Å². The number of nitrogens with zero attached hydrogens (tertiary/aromatic N) is 1. The summed E-state index contributed by atoms with van der Waals surface area (Å²) in [6, 6.07) is 9.56. The van der Waals surface area contributed by atoms with E-state index in [0.29, 0.717) is 12.2 Å². The molecule has 0 saturated carbocycles. The zero-order valence-electron chi connectivity index (χ0n) is 10.3. The second-order valence-electron chi connectivity index (χ2n) is 3.66. The van der Waals surface area contributed by atoms with Gasteiger partial charge in [0.2, 0.25) is 0 Å². The first-order chi connectivity index (χ1) is 9.19. The molecule has 0 aliphatic rings. The zero-order chi connectivity index (χ0) is 13.7. The van der Waals surface area contributed by atoms with Crippen LogP contribution in [0.15, 0.2) is 52.5 Å². The van der Waals surface area contributed by atoms with Crippen LogP contribution in [0.4, 0.5) is 4.39 Å². The molecular weight excluding hydrogens is 265 g/mol. The fraction of sp³-hybridized carbons (Fsp3) is 0.143. The van der Waals surface area contributed by atoms with Crippen molar-refractivity contribution in [1.29, 1.82) is 0 Å². The summed E-state index contributed by atoms with van der Waals surface area (Å²) in [5.74, 6) is -0.650. The maximum Gasteiger partial charge on any atom is 0.339 e. The molecule has 1 heterocycles. The van der Waals surface area contributed by atoms with E-state index in [1.54, 1.807) is 31.2 Å². The van der Waals surface area contributed by atoms with Crippen molar-refractivity contribution in [1.82, 2.24) is 4.98 Å². The van der Waals surface area contributed by atoms with Gasteiger partial charge in [0.1, 0.15) is 10.8 Å². The molecule has 2 rings (SSSR count). The first kappa shape index (κ1) is 13.5. The quantitative estimate of drug-likeness (QED) is 0.801. The molecule has 2 aromatic rings. The van der Waals surface area contributed by atoms with E-state index in [1.807, 2.05) is 0 Å². The number of pyridine rings is 1. The van der Waals surface area contributed by atoms with Crippen LogP contribution in [0, 0.1) is 5.82 Å². The van der Waals surface area contributed by atoms with Gasteiger partial charge in [-0.3, -0.25) is 0 Å². The van der Waals surface area contributed by atoms with Crippen molar-refractivity contribution in [2.75, 3.05) is 6.61 Å². The highest BCUT2D eigenvalue weighted by Gasteiger charge is 2.07. The summed E-state index contributed by atoms with van der Waals surface area (Å²) in [7, 11) is 0. The van der Waals surface area contributed by atoms with Crippen LogP contribution in [0.1, 0.15) is 17.3 Å². The molecule has 0 aliphatic carbocycles. The number of halogens is 1. The number of carbonyl (C=O) groups excluding carboxylic acids is 1. The summed E-state index contributed by atoms with van der Waals surface area (Å²) in [5.41, 5.74) is 0.422. The summed E-state index contributed by atoms with van der Waals surface area (Å²) < 4.78 is 17.6. The molecule has 1 aromatic carbocycles. The molecule has 0 saturated heterocycles. The Balaban J connectivity index is 2.06. The lowest BCUT2D eigenvalue weighted by atomic mass is 10.3. The Morgan fingerprint density at radius 3 is 2.58 bits per heavy atom. The number of aromatic nitrogens is 1. The molecule has 0 N–H and O–H groups in total. The van der Waals surface area contributed by atoms with Crippen LogP contribution < -0.4 is 0 Å². The van der Waals surface area contributed by atoms with E-state index in [9.17, 15) is 9.18 Å². The van der Waals surface area contributed by atoms with E-state index in [2.05, 4.69) is 4.98 Å². The van der Waals surface area contributed by atoms with Gasteiger partial charge in [-0.25, -0.2) is 14.2 Å². The van der Waals surface area contributed by atoms with Crippen molar-refractivity contribution in [3.8, 4) is 0 Å². The monoisotopic (exact) mass is 277 g/mol. The third-order valence-electron chi connectivity index (χ3n) is 2.28. The molecule has 0 atom stereocenters. The van der Waals surface area contributed by atoms with Crippen LogP contribution in [0.2, 0.25) is 0 Å². The van der Waals surface area contributed by atoms with Crippen molar-refractivity contribution >= 4 is 17.7 Å². The minimum absolute atomic E-state index is 0.269. The molecule has 0 unspecified atom stereocenters. The molecule has 0 spiro atoms. The second-order valence-corrected chi connectivity index (χ2v) is 4.76. The number of carbonyl (C=O) groups is 1. The largest absolute Gasteiger partial charge is 0.462 e. The summed E-state index contributed by atoms with van der Waals surface area (Å²) >= 11 is 1.40. The molecule has 3 nitrogen and oxygen atoms in total. The van der Waals surface area contributed by atoms with Crippen LogP contribution in [0.25, 0.3) is 0 Å². The van der Waals surface area contributed by atoms with E-state index in [1.165, 1.54) is 30.1 Å². The van der Waals surface area contributed by atoms with Gasteiger partial charge >= 0.3 is 5.97 Å². The van der Waals surface area contributed by atoms with Gasteiger partial charge in [0.05, 0.1) is 12.2 Å². The van der Waals surface area contributed by atoms with Crippen molar-refractivity contribution in [3.63, 3.8) is 0 Å². The molecule has 5 heteroatoms. The number of hydrogen-bond donors (Lipinski definition) is 0. The van der Waals surface area contributed by atoms with Crippen molar-refractivity contribution in [2.24, 2.45) is 0 Å². The summed E-state index contributed by atoms with van der Waals surface area (Å²) in [4.78, 5) is 16.5. The minimum Gasteiger partial charge on any atom is -0.462 e. The lowest BCUT2D eigenvalue weighted by Gasteiger charge is -2.03. The normalized spacial score (nSPS) is 10.2. The van der Waals surface area contributed by atoms with E-state index in [-0.39, 0.29) is 11.8 Å². The minimum atomic E-state index is -0.381. The van der Waals surface area contributed by atoms with Gasteiger partial charge < -0.3 is 4.74 Å². The van der Waals surface area contributed by atoms with Gasteiger partial charge in [-0.15, -0.1) is 0 Å². The highest BCUT2D eigenvalue weighted by atomic mass is 32.2. The third-order valence-corrected chi connectivity index (χ3v) is 3.24. The number of rotatable bonds is 4. The Morgan fingerprint density at radius 2 is 2.00 bits per heavy atom. The van der Waals surface area contributed by atoms with Crippen molar-refractivity contribution in [2.45, 2.75) is 16.8 Å². The zero-order valence-corrected chi connectivity index (χ0v) is 11.1. The summed E-state index contributed by atoms with van der Waals surface area (Å²) in [5, 5.41) is 0.736. The lowest BCUT2D eigenvalue weighted by Crippen LogP contribution is -2.04. The summed E-state index contributed by atoms with van der Waals surface area (Å²) in [6.07, 6.45) is 1.48. The molecule has 19 heavy (non-hydrogen) atoms. The molecule has 0 bridgehead atoms. The van der Waals surface area contributed by atoms with Crippen LogP contribution in [-0.4, -0.2) is 17.6 Å². The van der Waals surface area contributed by atoms with E-state index < -0.39 is 0 Å². The van der Waals surface area contributed by atoms with Gasteiger partial charge in [0.25, 0.3) is 0 Å². The van der Waals surface area contributed by atoms with Crippen LogP contribution in [0.3, 0.4) is 0 Å². The Kier molecular flexibility index (Phi) is 4.52. The molecular formula is C14H12FNO2S. The lowest BCUT2D eigenvalue weighted by molar-refractivity contribution is 0.0525. The number of hydrogen-bond acceptors (Lipinski definition) is 4. The molecule has 0 amide bonds. The number of esters is 1. The van der Waals surface area contributed by atoms with Crippen LogP contribution in [-0.2, 0) is 4.74 Å². The Bertz CT molecular complexity index is 555. The topological polar surface area (TPSA) is 39.2 Å². The molecule has 0 radical (unpaired) electrons. The highest BCUT2D eigenvalue weighted by Crippen LogP contribution is 2.25. The van der Waals surface area contributed by atoms with Crippen LogP contribution in [0.5, 0.6) is 0 Å². The molecule has 98 valence electrons. The average Bonchev–Trinajstić information content (AvgIpc) is 2.42. The fourth-order valence-corrected chi connectivity index (χ4v) is 2.15. The van der Waals surface area contributed by atoms with Gasteiger partial charge in [-0.05, 0) is 43.3 Å². The predicted octanol–water partition coefficient (Wildman–Crippen LogP) is 3.55. The molecule has 0 fully saturated rings. The number of benzene rings is 1. The van der Waals surface area contributed by atoms with Crippen LogP contribution >= 0.6 is 11.8 Å². The SMILES string of the molecule is CCOC(=O)c1ccc(Sc2ccc(F)cc2)nc1. The third kappa shape index (κ3) is 3.79. The smallest absolute Gasteiger partial charge is 0.339 e. The molecule has 0 aliphatic heterocycles. The van der Waals surface area contributed by atoms with Crippen molar-refractivity contribution < 1.29 is 13.9 Å². The number of ether oxygens (including phenoxy) is 1. The van der Waals surface area contributed by atoms with Gasteiger partial charge in [-0.2, -0.15) is 0 Å². The first-order valence-electron chi connectivity index (χ1n) is 5.75. The van der Waals surface area contributed by atoms with Gasteiger partial charge in [0, 0.05) is 11.1 Å². The highest BCUT2D eigenvalue weighted by molar-refractivity contribution is 7.99. The summed E-state index contributed by atoms with van der Waals surface area (Å²) in [6.45, 7) is 2.09. The van der Waals surface area contributed by atoms with E-state index >= 15 is 0 Å². The van der Waals surface area contributed by atoms with Gasteiger partial charge in [-0.1, -0.05) is 11.8 Å². The Morgan fingerprint density at radius 1 is 1.26 bits per heavy atom. The average molecular weight is 277 g/mol. The first-order valence-corrected chi connectivity index (χ1v) is 6.57. The predicted molar refractivity (Wildman–Crippen MR) is 70.7 cm³/mol. The van der Waals surface area contributed by atoms with E-state index in [4.69, 9.17) is 4.74 Å². The maximum absolute atomic E-state index is 12.8. The van der Waals surface area contributed by atoms with Gasteiger partial charge in [0.15, 0.2) is 0 Å². The molecule has 1 aromatic heterocycles. The second kappa shape index (κ2) is 6.33. The standard InChI is InChI=1S/C14H12FNO2S/c1-2-18-14(17)10-3-8-13(16-9-10)19-12-6-4-11(15)5-7-12/h3-9H,2H2,1H3. The fourth-order valence-electron chi connectivity index (χ4n) is 1.40.